The first kappa shape index (κ1) is 11.7. The molecule has 0 atom stereocenters. The predicted molar refractivity (Wildman–Crippen MR) is 62.8 cm³/mol. The maximum Gasteiger partial charge on any atom is 0.107 e. The Hall–Kier alpha value is -0.410. The Balaban J connectivity index is 2.29. The van der Waals surface area contributed by atoms with Gasteiger partial charge in [-0.25, -0.2) is 4.98 Å². The number of hydrogen-bond donors (Lipinski definition) is 1. The van der Waals surface area contributed by atoms with Gasteiger partial charge in [0.25, 0.3) is 0 Å². The maximum atomic E-state index is 4.39. The van der Waals surface area contributed by atoms with Crippen molar-refractivity contribution in [1.82, 2.24) is 10.3 Å². The standard InChI is InChI=1S/C11H20N2S/c1-4-5-6-12-8-11-13-7-10(14-11)9(2)3/h7,9,12H,4-6,8H2,1-3H3. The highest BCUT2D eigenvalue weighted by Crippen LogP contribution is 2.21. The van der Waals surface area contributed by atoms with Crippen molar-refractivity contribution in [2.24, 2.45) is 0 Å². The minimum atomic E-state index is 0.608. The summed E-state index contributed by atoms with van der Waals surface area (Å²) in [4.78, 5) is 5.78. The van der Waals surface area contributed by atoms with Crippen LogP contribution in [-0.2, 0) is 6.54 Å². The summed E-state index contributed by atoms with van der Waals surface area (Å²) >= 11 is 1.83. The molecule has 80 valence electrons. The molecule has 0 bridgehead atoms. The Morgan fingerprint density at radius 1 is 1.50 bits per heavy atom. The molecule has 0 aromatic carbocycles. The zero-order valence-electron chi connectivity index (χ0n) is 9.34. The molecular weight excluding hydrogens is 192 g/mol. The van der Waals surface area contributed by atoms with Crippen molar-refractivity contribution in [2.45, 2.75) is 46.1 Å². The van der Waals surface area contributed by atoms with E-state index < -0.39 is 0 Å². The summed E-state index contributed by atoms with van der Waals surface area (Å²) < 4.78 is 0. The molecule has 2 nitrogen and oxygen atoms in total. The van der Waals surface area contributed by atoms with Gasteiger partial charge in [-0.1, -0.05) is 27.2 Å². The first-order chi connectivity index (χ1) is 6.74. The van der Waals surface area contributed by atoms with Crippen LogP contribution in [0.1, 0.15) is 49.4 Å². The van der Waals surface area contributed by atoms with E-state index in [9.17, 15) is 0 Å². The van der Waals surface area contributed by atoms with Crippen LogP contribution >= 0.6 is 11.3 Å². The van der Waals surface area contributed by atoms with Crippen LogP contribution in [0.2, 0.25) is 0 Å². The molecule has 0 spiro atoms. The third-order valence-electron chi connectivity index (χ3n) is 2.12. The lowest BCUT2D eigenvalue weighted by molar-refractivity contribution is 0.639. The molecule has 0 fully saturated rings. The topological polar surface area (TPSA) is 24.9 Å². The molecule has 1 N–H and O–H groups in total. The first-order valence-corrected chi connectivity index (χ1v) is 6.21. The molecule has 1 rings (SSSR count). The van der Waals surface area contributed by atoms with Gasteiger partial charge in [-0.3, -0.25) is 0 Å². The van der Waals surface area contributed by atoms with Gasteiger partial charge in [0.1, 0.15) is 5.01 Å². The second-order valence-corrected chi connectivity index (χ2v) is 4.99. The van der Waals surface area contributed by atoms with E-state index in [2.05, 4.69) is 31.1 Å². The molecule has 0 aliphatic carbocycles. The fourth-order valence-electron chi connectivity index (χ4n) is 1.17. The largest absolute Gasteiger partial charge is 0.310 e. The number of unbranched alkanes of at least 4 members (excludes halogenated alkanes) is 1. The lowest BCUT2D eigenvalue weighted by Gasteiger charge is -2.00. The molecule has 0 aliphatic rings. The third kappa shape index (κ3) is 3.76. The average Bonchev–Trinajstić information content (AvgIpc) is 2.61. The van der Waals surface area contributed by atoms with Crippen molar-refractivity contribution in [2.75, 3.05) is 6.54 Å². The minimum Gasteiger partial charge on any atom is -0.310 e. The van der Waals surface area contributed by atoms with Gasteiger partial charge < -0.3 is 5.32 Å². The molecule has 0 saturated heterocycles. The predicted octanol–water partition coefficient (Wildman–Crippen LogP) is 3.16. The second-order valence-electron chi connectivity index (χ2n) is 3.84. The van der Waals surface area contributed by atoms with Crippen molar-refractivity contribution in [3.8, 4) is 0 Å². The highest BCUT2D eigenvalue weighted by molar-refractivity contribution is 7.11. The van der Waals surface area contributed by atoms with Gasteiger partial charge in [0.15, 0.2) is 0 Å². The van der Waals surface area contributed by atoms with Gasteiger partial charge in [-0.05, 0) is 18.9 Å². The van der Waals surface area contributed by atoms with Crippen LogP contribution in [-0.4, -0.2) is 11.5 Å². The summed E-state index contributed by atoms with van der Waals surface area (Å²) in [5.74, 6) is 0.608. The van der Waals surface area contributed by atoms with Crippen LogP contribution in [0.5, 0.6) is 0 Å². The van der Waals surface area contributed by atoms with E-state index in [0.29, 0.717) is 5.92 Å². The number of nitrogens with one attached hydrogen (secondary N) is 1. The Morgan fingerprint density at radius 2 is 2.29 bits per heavy atom. The van der Waals surface area contributed by atoms with Crippen LogP contribution in [0.15, 0.2) is 6.20 Å². The Kier molecular flexibility index (Phi) is 5.12. The van der Waals surface area contributed by atoms with Gasteiger partial charge in [-0.15, -0.1) is 11.3 Å². The smallest absolute Gasteiger partial charge is 0.107 e. The molecule has 0 aliphatic heterocycles. The normalized spacial score (nSPS) is 11.1. The molecule has 3 heteroatoms. The molecule has 1 heterocycles. The molecular formula is C11H20N2S. The monoisotopic (exact) mass is 212 g/mol. The number of rotatable bonds is 6. The maximum absolute atomic E-state index is 4.39. The summed E-state index contributed by atoms with van der Waals surface area (Å²) in [5, 5.41) is 4.62. The van der Waals surface area contributed by atoms with Crippen LogP contribution < -0.4 is 5.32 Å². The highest BCUT2D eigenvalue weighted by Gasteiger charge is 2.04. The van der Waals surface area contributed by atoms with E-state index in [4.69, 9.17) is 0 Å². The first-order valence-electron chi connectivity index (χ1n) is 5.39. The van der Waals surface area contributed by atoms with E-state index in [1.165, 1.54) is 22.7 Å². The van der Waals surface area contributed by atoms with Gasteiger partial charge in [-0.2, -0.15) is 0 Å². The lowest BCUT2D eigenvalue weighted by Crippen LogP contribution is -2.13. The van der Waals surface area contributed by atoms with Gasteiger partial charge in [0.2, 0.25) is 0 Å². The van der Waals surface area contributed by atoms with Crippen LogP contribution in [0, 0.1) is 0 Å². The number of thiazole rings is 1. The summed E-state index contributed by atoms with van der Waals surface area (Å²) in [6.45, 7) is 8.66. The van der Waals surface area contributed by atoms with Gasteiger partial charge in [0.05, 0.1) is 0 Å². The van der Waals surface area contributed by atoms with E-state index in [0.717, 1.165) is 13.1 Å². The lowest BCUT2D eigenvalue weighted by atomic mass is 10.2. The van der Waals surface area contributed by atoms with Crippen molar-refractivity contribution in [3.05, 3.63) is 16.1 Å². The van der Waals surface area contributed by atoms with E-state index >= 15 is 0 Å². The van der Waals surface area contributed by atoms with E-state index in [1.54, 1.807) is 0 Å². The Labute approximate surface area is 90.8 Å². The van der Waals surface area contributed by atoms with Gasteiger partial charge in [0, 0.05) is 17.6 Å². The number of nitrogens with zero attached hydrogens (tertiary/aromatic N) is 1. The van der Waals surface area contributed by atoms with Crippen molar-refractivity contribution in [1.29, 1.82) is 0 Å². The SMILES string of the molecule is CCCCNCc1ncc(C(C)C)s1. The average molecular weight is 212 g/mol. The van der Waals surface area contributed by atoms with Gasteiger partial charge >= 0.3 is 0 Å². The van der Waals surface area contributed by atoms with Crippen LogP contribution in [0.4, 0.5) is 0 Å². The summed E-state index contributed by atoms with van der Waals surface area (Å²) in [7, 11) is 0. The Bertz CT molecular complexity index is 256. The van der Waals surface area contributed by atoms with Crippen molar-refractivity contribution in [3.63, 3.8) is 0 Å². The fraction of sp³-hybridized carbons (Fsp3) is 0.727. The zero-order valence-corrected chi connectivity index (χ0v) is 10.2. The number of hydrogen-bond acceptors (Lipinski definition) is 3. The number of aromatic nitrogens is 1. The highest BCUT2D eigenvalue weighted by atomic mass is 32.1. The summed E-state index contributed by atoms with van der Waals surface area (Å²) in [6, 6.07) is 0. The quantitative estimate of drug-likeness (QED) is 0.733. The molecule has 0 amide bonds. The summed E-state index contributed by atoms with van der Waals surface area (Å²) in [5.41, 5.74) is 0. The molecule has 1 aromatic rings. The minimum absolute atomic E-state index is 0.608. The fourth-order valence-corrected chi connectivity index (χ4v) is 2.06. The van der Waals surface area contributed by atoms with Crippen molar-refractivity contribution >= 4 is 11.3 Å². The molecule has 0 unspecified atom stereocenters. The zero-order chi connectivity index (χ0) is 10.4. The van der Waals surface area contributed by atoms with Crippen LogP contribution in [0.25, 0.3) is 0 Å². The van der Waals surface area contributed by atoms with Crippen LogP contribution in [0.3, 0.4) is 0 Å². The Morgan fingerprint density at radius 3 is 2.86 bits per heavy atom. The summed E-state index contributed by atoms with van der Waals surface area (Å²) in [6.07, 6.45) is 4.51. The molecule has 0 radical (unpaired) electrons. The van der Waals surface area contributed by atoms with Crippen molar-refractivity contribution < 1.29 is 0 Å². The second kappa shape index (κ2) is 6.14. The molecule has 1 aromatic heterocycles. The molecule has 14 heavy (non-hydrogen) atoms. The van der Waals surface area contributed by atoms with E-state index in [-0.39, 0.29) is 0 Å². The van der Waals surface area contributed by atoms with E-state index in [1.807, 2.05) is 17.5 Å². The third-order valence-corrected chi connectivity index (χ3v) is 3.42. The molecule has 0 saturated carbocycles.